The largest absolute Gasteiger partial charge is 0.320 e. The first-order valence-electron chi connectivity index (χ1n) is 7.07. The number of benzene rings is 1. The van der Waals surface area contributed by atoms with Crippen LogP contribution < -0.4 is 5.73 Å². The molecule has 0 radical (unpaired) electrons. The van der Waals surface area contributed by atoms with Crippen LogP contribution in [0.3, 0.4) is 0 Å². The van der Waals surface area contributed by atoms with Crippen LogP contribution in [-0.2, 0) is 5.54 Å². The molecular weight excluding hydrogens is 232 g/mol. The highest BCUT2D eigenvalue weighted by Crippen LogP contribution is 2.33. The summed E-state index contributed by atoms with van der Waals surface area (Å²) >= 11 is 0. The van der Waals surface area contributed by atoms with Gasteiger partial charge in [0.1, 0.15) is 0 Å². The van der Waals surface area contributed by atoms with E-state index in [2.05, 4.69) is 63.7 Å². The van der Waals surface area contributed by atoms with Gasteiger partial charge in [-0.1, -0.05) is 49.2 Å². The van der Waals surface area contributed by atoms with Crippen LogP contribution in [0.5, 0.6) is 0 Å². The van der Waals surface area contributed by atoms with E-state index in [0.717, 1.165) is 24.8 Å². The van der Waals surface area contributed by atoms with Gasteiger partial charge in [-0.2, -0.15) is 0 Å². The van der Waals surface area contributed by atoms with E-state index in [1.54, 1.807) is 0 Å². The summed E-state index contributed by atoms with van der Waals surface area (Å²) in [6.45, 7) is 8.34. The van der Waals surface area contributed by atoms with E-state index in [0.29, 0.717) is 6.04 Å². The number of nitrogens with two attached hydrogens (primary N) is 1. The summed E-state index contributed by atoms with van der Waals surface area (Å²) in [6.07, 6.45) is 3.04. The highest BCUT2D eigenvalue weighted by atomic mass is 15.1. The molecule has 0 aromatic heterocycles. The molecule has 0 aliphatic carbocycles. The molecule has 0 aliphatic rings. The van der Waals surface area contributed by atoms with E-state index >= 15 is 0 Å². The lowest BCUT2D eigenvalue weighted by atomic mass is 9.77. The molecule has 0 saturated carbocycles. The van der Waals surface area contributed by atoms with Crippen LogP contribution in [0.4, 0.5) is 0 Å². The Morgan fingerprint density at radius 1 is 1.32 bits per heavy atom. The molecule has 0 spiro atoms. The Morgan fingerprint density at radius 3 is 2.32 bits per heavy atom. The van der Waals surface area contributed by atoms with Crippen LogP contribution in [0.15, 0.2) is 42.5 Å². The summed E-state index contributed by atoms with van der Waals surface area (Å²) in [5, 5.41) is 0. The highest BCUT2D eigenvalue weighted by molar-refractivity contribution is 5.28. The molecule has 0 fully saturated rings. The molecule has 0 heterocycles. The van der Waals surface area contributed by atoms with Gasteiger partial charge in [0.15, 0.2) is 0 Å². The minimum absolute atomic E-state index is 0.316. The van der Waals surface area contributed by atoms with Gasteiger partial charge in [-0.15, -0.1) is 6.58 Å². The molecule has 0 saturated heterocycles. The number of hydrogen-bond donors (Lipinski definition) is 1. The van der Waals surface area contributed by atoms with Gasteiger partial charge in [0.25, 0.3) is 0 Å². The summed E-state index contributed by atoms with van der Waals surface area (Å²) in [6, 6.07) is 10.7. The van der Waals surface area contributed by atoms with Crippen molar-refractivity contribution in [3.05, 3.63) is 48.0 Å². The van der Waals surface area contributed by atoms with Crippen molar-refractivity contribution in [3.63, 3.8) is 0 Å². The highest BCUT2D eigenvalue weighted by Gasteiger charge is 2.37. The molecule has 1 aromatic rings. The van der Waals surface area contributed by atoms with Gasteiger partial charge >= 0.3 is 0 Å². The van der Waals surface area contributed by atoms with Crippen molar-refractivity contribution in [2.75, 3.05) is 14.1 Å². The number of hydrogen-bond acceptors (Lipinski definition) is 2. The third kappa shape index (κ3) is 3.92. The van der Waals surface area contributed by atoms with Crippen molar-refractivity contribution >= 4 is 0 Å². The Balaban J connectivity index is 3.21. The molecule has 0 bridgehead atoms. The number of nitrogens with zero attached hydrogens (tertiary/aromatic N) is 1. The van der Waals surface area contributed by atoms with Gasteiger partial charge in [-0.3, -0.25) is 0 Å². The molecule has 19 heavy (non-hydrogen) atoms. The first-order valence-corrected chi connectivity index (χ1v) is 7.07. The van der Waals surface area contributed by atoms with Crippen molar-refractivity contribution in [3.8, 4) is 0 Å². The molecule has 0 amide bonds. The fraction of sp³-hybridized carbons (Fsp3) is 0.529. The maximum Gasteiger partial charge on any atom is 0.0604 e. The van der Waals surface area contributed by atoms with Gasteiger partial charge < -0.3 is 10.6 Å². The van der Waals surface area contributed by atoms with Crippen molar-refractivity contribution < 1.29 is 0 Å². The van der Waals surface area contributed by atoms with Crippen LogP contribution in [0.1, 0.15) is 38.7 Å². The molecule has 2 heteroatoms. The lowest BCUT2D eigenvalue weighted by Crippen LogP contribution is -2.54. The van der Waals surface area contributed by atoms with Gasteiger partial charge in [-0.25, -0.2) is 0 Å². The summed E-state index contributed by atoms with van der Waals surface area (Å²) in [4.78, 5) is 2.25. The SMILES string of the molecule is C=C(C)CC(N)(c1ccccc1)C(CCC)N(C)C. The van der Waals surface area contributed by atoms with E-state index < -0.39 is 0 Å². The second-order valence-electron chi connectivity index (χ2n) is 5.81. The predicted molar refractivity (Wildman–Crippen MR) is 84.1 cm³/mol. The van der Waals surface area contributed by atoms with Crippen molar-refractivity contribution in [2.45, 2.75) is 44.7 Å². The number of likely N-dealkylation sites (N-methyl/N-ethyl adjacent to an activating group) is 1. The van der Waals surface area contributed by atoms with Crippen LogP contribution in [-0.4, -0.2) is 25.0 Å². The topological polar surface area (TPSA) is 29.3 Å². The van der Waals surface area contributed by atoms with E-state index in [-0.39, 0.29) is 5.54 Å². The monoisotopic (exact) mass is 260 g/mol. The molecule has 106 valence electrons. The van der Waals surface area contributed by atoms with Crippen LogP contribution in [0.2, 0.25) is 0 Å². The van der Waals surface area contributed by atoms with Crippen LogP contribution >= 0.6 is 0 Å². The third-order valence-electron chi connectivity index (χ3n) is 3.69. The molecule has 1 aromatic carbocycles. The van der Waals surface area contributed by atoms with Gasteiger partial charge in [0.2, 0.25) is 0 Å². The van der Waals surface area contributed by atoms with E-state index in [4.69, 9.17) is 5.73 Å². The summed E-state index contributed by atoms with van der Waals surface area (Å²) in [7, 11) is 4.23. The van der Waals surface area contributed by atoms with E-state index in [1.165, 1.54) is 5.56 Å². The Labute approximate surface area is 118 Å². The Bertz CT molecular complexity index is 397. The lowest BCUT2D eigenvalue weighted by Gasteiger charge is -2.42. The maximum absolute atomic E-state index is 6.85. The summed E-state index contributed by atoms with van der Waals surface area (Å²) in [5.74, 6) is 0. The third-order valence-corrected chi connectivity index (χ3v) is 3.69. The minimum Gasteiger partial charge on any atom is -0.320 e. The molecule has 2 nitrogen and oxygen atoms in total. The molecule has 2 unspecified atom stereocenters. The average molecular weight is 260 g/mol. The molecule has 2 atom stereocenters. The normalized spacial score (nSPS) is 16.1. The lowest BCUT2D eigenvalue weighted by molar-refractivity contribution is 0.162. The van der Waals surface area contributed by atoms with Gasteiger partial charge in [0.05, 0.1) is 5.54 Å². The maximum atomic E-state index is 6.85. The fourth-order valence-corrected chi connectivity index (χ4v) is 2.91. The number of rotatable bonds is 7. The minimum atomic E-state index is -0.368. The van der Waals surface area contributed by atoms with Crippen molar-refractivity contribution in [1.29, 1.82) is 0 Å². The average Bonchev–Trinajstić information content (AvgIpc) is 2.35. The van der Waals surface area contributed by atoms with Crippen LogP contribution in [0, 0.1) is 0 Å². The predicted octanol–water partition coefficient (Wildman–Crippen LogP) is 3.54. The second kappa shape index (κ2) is 6.88. The second-order valence-corrected chi connectivity index (χ2v) is 5.81. The molecule has 0 aliphatic heterocycles. The van der Waals surface area contributed by atoms with Crippen molar-refractivity contribution in [1.82, 2.24) is 4.90 Å². The van der Waals surface area contributed by atoms with E-state index in [1.807, 2.05) is 6.07 Å². The quantitative estimate of drug-likeness (QED) is 0.760. The van der Waals surface area contributed by atoms with Gasteiger partial charge in [0, 0.05) is 6.04 Å². The molecule has 2 N–H and O–H groups in total. The first kappa shape index (κ1) is 15.9. The first-order chi connectivity index (χ1) is 8.91. The summed E-state index contributed by atoms with van der Waals surface area (Å²) in [5.41, 5.74) is 8.81. The standard InChI is InChI=1S/C17H28N2/c1-6-10-16(19(4)5)17(18,13-14(2)3)15-11-8-7-9-12-15/h7-9,11-12,16H,2,6,10,13,18H2,1,3-5H3. The van der Waals surface area contributed by atoms with E-state index in [9.17, 15) is 0 Å². The zero-order chi connectivity index (χ0) is 14.5. The molecule has 1 rings (SSSR count). The molecular formula is C17H28N2. The smallest absolute Gasteiger partial charge is 0.0604 e. The van der Waals surface area contributed by atoms with Gasteiger partial charge in [-0.05, 0) is 39.4 Å². The Morgan fingerprint density at radius 2 is 1.89 bits per heavy atom. The van der Waals surface area contributed by atoms with Crippen LogP contribution in [0.25, 0.3) is 0 Å². The Kier molecular flexibility index (Phi) is 5.77. The fourth-order valence-electron chi connectivity index (χ4n) is 2.91. The zero-order valence-electron chi connectivity index (χ0n) is 12.8. The van der Waals surface area contributed by atoms with Crippen molar-refractivity contribution in [2.24, 2.45) is 5.73 Å². The Hall–Kier alpha value is -1.12. The zero-order valence-corrected chi connectivity index (χ0v) is 12.8. The summed E-state index contributed by atoms with van der Waals surface area (Å²) < 4.78 is 0.